The van der Waals surface area contributed by atoms with E-state index in [2.05, 4.69) is 9.97 Å². The minimum absolute atomic E-state index is 0.115. The van der Waals surface area contributed by atoms with Gasteiger partial charge in [0.2, 0.25) is 0 Å². The molecule has 5 nitrogen and oxygen atoms in total. The van der Waals surface area contributed by atoms with Crippen LogP contribution in [0.5, 0.6) is 0 Å². The van der Waals surface area contributed by atoms with Crippen molar-refractivity contribution in [2.75, 3.05) is 6.54 Å². The Morgan fingerprint density at radius 3 is 3.00 bits per heavy atom. The molecular formula is C15H11Cl2N3O2. The Hall–Kier alpha value is -1.98. The molecule has 1 aliphatic rings. The first-order valence-electron chi connectivity index (χ1n) is 6.81. The molecule has 3 aromatic rings. The molecule has 0 aliphatic carbocycles. The summed E-state index contributed by atoms with van der Waals surface area (Å²) < 4.78 is 5.09. The highest BCUT2D eigenvalue weighted by Gasteiger charge is 2.27. The summed E-state index contributed by atoms with van der Waals surface area (Å²) in [6.45, 7) is 1.10. The number of H-pyrrole nitrogens is 1. The van der Waals surface area contributed by atoms with Crippen molar-refractivity contribution >= 4 is 40.0 Å². The van der Waals surface area contributed by atoms with Crippen LogP contribution >= 0.6 is 23.2 Å². The fraction of sp³-hybridized carbons (Fsp3) is 0.200. The summed E-state index contributed by atoms with van der Waals surface area (Å²) in [7, 11) is 0. The number of nitrogens with zero attached hydrogens (tertiary/aromatic N) is 2. The molecule has 0 atom stereocenters. The predicted octanol–water partition coefficient (Wildman–Crippen LogP) is 3.66. The molecule has 1 amide bonds. The Bertz CT molecular complexity index is 871. The fourth-order valence-electron chi connectivity index (χ4n) is 2.86. The second-order valence-corrected chi connectivity index (χ2v) is 5.97. The summed E-state index contributed by atoms with van der Waals surface area (Å²) in [4.78, 5) is 21.3. The number of fused-ring (bicyclic) bond motifs is 3. The molecule has 0 fully saturated rings. The van der Waals surface area contributed by atoms with Crippen molar-refractivity contribution < 1.29 is 9.21 Å². The topological polar surface area (TPSA) is 62.1 Å². The maximum Gasteiger partial charge on any atom is 0.310 e. The SMILES string of the molecule is O=C(c1ncco1)N1CCc2[nH]c3c(Cl)c(Cl)ccc3c2C1. The van der Waals surface area contributed by atoms with Crippen molar-refractivity contribution in [3.63, 3.8) is 0 Å². The largest absolute Gasteiger partial charge is 0.441 e. The second-order valence-electron chi connectivity index (χ2n) is 5.18. The zero-order chi connectivity index (χ0) is 15.3. The maximum atomic E-state index is 12.4. The van der Waals surface area contributed by atoms with Crippen LogP contribution in [0.25, 0.3) is 10.9 Å². The van der Waals surface area contributed by atoms with Gasteiger partial charge in [-0.25, -0.2) is 4.98 Å². The average molecular weight is 336 g/mol. The first-order chi connectivity index (χ1) is 10.6. The molecule has 1 aromatic carbocycles. The number of oxazole rings is 1. The maximum absolute atomic E-state index is 12.4. The summed E-state index contributed by atoms with van der Waals surface area (Å²) >= 11 is 12.3. The van der Waals surface area contributed by atoms with E-state index in [-0.39, 0.29) is 11.8 Å². The number of aromatic amines is 1. The number of amides is 1. The van der Waals surface area contributed by atoms with E-state index >= 15 is 0 Å². The molecule has 1 N–H and O–H groups in total. The third-order valence-corrected chi connectivity index (χ3v) is 4.75. The van der Waals surface area contributed by atoms with E-state index < -0.39 is 0 Å². The van der Waals surface area contributed by atoms with Gasteiger partial charge >= 0.3 is 5.91 Å². The molecular weight excluding hydrogens is 325 g/mol. The first-order valence-corrected chi connectivity index (χ1v) is 7.57. The summed E-state index contributed by atoms with van der Waals surface area (Å²) in [6, 6.07) is 3.70. The van der Waals surface area contributed by atoms with Crippen LogP contribution in [0, 0.1) is 0 Å². The molecule has 0 saturated carbocycles. The Kier molecular flexibility index (Phi) is 3.13. The number of rotatable bonds is 1. The summed E-state index contributed by atoms with van der Waals surface area (Å²) in [5, 5.41) is 2.02. The monoisotopic (exact) mass is 335 g/mol. The van der Waals surface area contributed by atoms with E-state index in [1.165, 1.54) is 12.5 Å². The van der Waals surface area contributed by atoms with E-state index in [4.69, 9.17) is 27.6 Å². The van der Waals surface area contributed by atoms with Gasteiger partial charge in [0.25, 0.3) is 5.89 Å². The second kappa shape index (κ2) is 5.04. The van der Waals surface area contributed by atoms with E-state index in [1.807, 2.05) is 6.07 Å². The van der Waals surface area contributed by atoms with Crippen molar-refractivity contribution in [1.82, 2.24) is 14.9 Å². The van der Waals surface area contributed by atoms with Crippen molar-refractivity contribution in [2.24, 2.45) is 0 Å². The van der Waals surface area contributed by atoms with Gasteiger partial charge in [0.15, 0.2) is 0 Å². The lowest BCUT2D eigenvalue weighted by atomic mass is 10.0. The van der Waals surface area contributed by atoms with Gasteiger partial charge in [0, 0.05) is 36.2 Å². The van der Waals surface area contributed by atoms with E-state index in [0.717, 1.165) is 28.6 Å². The molecule has 2 aromatic heterocycles. The lowest BCUT2D eigenvalue weighted by Gasteiger charge is -2.26. The van der Waals surface area contributed by atoms with Gasteiger partial charge in [-0.3, -0.25) is 4.79 Å². The number of hydrogen-bond donors (Lipinski definition) is 1. The van der Waals surface area contributed by atoms with Crippen LogP contribution in [-0.2, 0) is 13.0 Å². The molecule has 0 bridgehead atoms. The molecule has 7 heteroatoms. The van der Waals surface area contributed by atoms with Crippen LogP contribution in [0.1, 0.15) is 21.9 Å². The molecule has 3 heterocycles. The van der Waals surface area contributed by atoms with E-state index in [0.29, 0.717) is 23.1 Å². The van der Waals surface area contributed by atoms with Gasteiger partial charge in [-0.2, -0.15) is 0 Å². The number of nitrogens with one attached hydrogen (secondary N) is 1. The number of carbonyl (C=O) groups is 1. The molecule has 0 saturated heterocycles. The molecule has 4 rings (SSSR count). The van der Waals surface area contributed by atoms with Crippen molar-refractivity contribution in [1.29, 1.82) is 0 Å². The van der Waals surface area contributed by atoms with Gasteiger partial charge in [0.1, 0.15) is 6.26 Å². The predicted molar refractivity (Wildman–Crippen MR) is 83.3 cm³/mol. The van der Waals surface area contributed by atoms with Crippen LogP contribution in [0.15, 0.2) is 29.0 Å². The van der Waals surface area contributed by atoms with Crippen LogP contribution < -0.4 is 0 Å². The van der Waals surface area contributed by atoms with E-state index in [1.54, 1.807) is 11.0 Å². The summed E-state index contributed by atoms with van der Waals surface area (Å²) in [6.07, 6.45) is 3.59. The molecule has 22 heavy (non-hydrogen) atoms. The Morgan fingerprint density at radius 1 is 1.36 bits per heavy atom. The van der Waals surface area contributed by atoms with Crippen molar-refractivity contribution in [3.8, 4) is 0 Å². The number of aromatic nitrogens is 2. The number of halogens is 2. The van der Waals surface area contributed by atoms with E-state index in [9.17, 15) is 4.79 Å². The zero-order valence-electron chi connectivity index (χ0n) is 11.4. The normalized spacial score (nSPS) is 14.4. The standard InChI is InChI=1S/C15H11Cl2N3O2/c16-10-2-1-8-9-7-20(15(21)14-18-4-6-22-14)5-3-11(9)19-13(8)12(10)17/h1-2,4,6,19H,3,5,7H2. The van der Waals surface area contributed by atoms with Gasteiger partial charge in [-0.15, -0.1) is 0 Å². The molecule has 0 radical (unpaired) electrons. The highest BCUT2D eigenvalue weighted by Crippen LogP contribution is 2.35. The van der Waals surface area contributed by atoms with Gasteiger partial charge < -0.3 is 14.3 Å². The van der Waals surface area contributed by atoms with Crippen LogP contribution in [-0.4, -0.2) is 27.3 Å². The minimum atomic E-state index is -0.204. The first kappa shape index (κ1) is 13.7. The molecule has 112 valence electrons. The summed E-state index contributed by atoms with van der Waals surface area (Å²) in [5.74, 6) is -0.0885. The van der Waals surface area contributed by atoms with Crippen molar-refractivity contribution in [2.45, 2.75) is 13.0 Å². The third kappa shape index (κ3) is 2.01. The Balaban J connectivity index is 1.74. The van der Waals surface area contributed by atoms with Crippen LogP contribution in [0.4, 0.5) is 0 Å². The fourth-order valence-corrected chi connectivity index (χ4v) is 3.23. The number of hydrogen-bond acceptors (Lipinski definition) is 3. The lowest BCUT2D eigenvalue weighted by Crippen LogP contribution is -2.35. The minimum Gasteiger partial charge on any atom is -0.441 e. The van der Waals surface area contributed by atoms with Gasteiger partial charge in [-0.1, -0.05) is 29.3 Å². The van der Waals surface area contributed by atoms with Gasteiger partial charge in [0.05, 0.1) is 21.8 Å². The molecule has 1 aliphatic heterocycles. The zero-order valence-corrected chi connectivity index (χ0v) is 12.9. The van der Waals surface area contributed by atoms with Gasteiger partial charge in [-0.05, 0) is 6.07 Å². The lowest BCUT2D eigenvalue weighted by molar-refractivity contribution is 0.0694. The Labute approximate surface area is 135 Å². The Morgan fingerprint density at radius 2 is 2.23 bits per heavy atom. The molecule has 0 unspecified atom stereocenters. The number of benzene rings is 1. The number of carbonyl (C=O) groups excluding carboxylic acids is 1. The van der Waals surface area contributed by atoms with Crippen molar-refractivity contribution in [3.05, 3.63) is 51.8 Å². The highest BCUT2D eigenvalue weighted by molar-refractivity contribution is 6.45. The summed E-state index contributed by atoms with van der Waals surface area (Å²) in [5.41, 5.74) is 2.99. The van der Waals surface area contributed by atoms with Crippen LogP contribution in [0.3, 0.4) is 0 Å². The highest BCUT2D eigenvalue weighted by atomic mass is 35.5. The van der Waals surface area contributed by atoms with Crippen LogP contribution in [0.2, 0.25) is 10.0 Å². The quantitative estimate of drug-likeness (QED) is 0.738. The third-order valence-electron chi connectivity index (χ3n) is 3.94. The molecule has 0 spiro atoms. The average Bonchev–Trinajstić information content (AvgIpc) is 3.17. The smallest absolute Gasteiger partial charge is 0.310 e.